The Hall–Kier alpha value is -5.81. The van der Waals surface area contributed by atoms with Gasteiger partial charge in [-0.05, 0) is 108 Å². The number of aromatic hydroxyl groups is 1. The number of fused-ring (bicyclic) bond motifs is 3. The van der Waals surface area contributed by atoms with Gasteiger partial charge in [0, 0.05) is 63.2 Å². The second-order valence-electron chi connectivity index (χ2n) is 15.9. The Labute approximate surface area is 325 Å². The van der Waals surface area contributed by atoms with E-state index in [0.717, 1.165) is 54.8 Å². The monoisotopic (exact) mass is 751 g/mol. The van der Waals surface area contributed by atoms with Crippen LogP contribution in [-0.2, 0) is 33.9 Å². The minimum absolute atomic E-state index is 0.0190. The van der Waals surface area contributed by atoms with E-state index in [0.29, 0.717) is 37.7 Å². The summed E-state index contributed by atoms with van der Waals surface area (Å²) in [5, 5.41) is 15.7. The number of nitrogens with zero attached hydrogens (tertiary/aromatic N) is 3. The molecule has 4 aromatic rings. The van der Waals surface area contributed by atoms with E-state index in [-0.39, 0.29) is 41.8 Å². The highest BCUT2D eigenvalue weighted by Gasteiger charge is 2.45. The Morgan fingerprint density at radius 3 is 2.12 bits per heavy atom. The number of nitrogens with one attached hydrogen (secondary N) is 2. The van der Waals surface area contributed by atoms with Gasteiger partial charge in [0.25, 0.3) is 11.8 Å². The lowest BCUT2D eigenvalue weighted by atomic mass is 9.69. The highest BCUT2D eigenvalue weighted by atomic mass is 16.3. The number of benzene rings is 4. The van der Waals surface area contributed by atoms with Crippen LogP contribution in [0.25, 0.3) is 0 Å². The van der Waals surface area contributed by atoms with Gasteiger partial charge in [-0.25, -0.2) is 0 Å². The number of carbonyl (C=O) groups is 5. The van der Waals surface area contributed by atoms with Crippen LogP contribution in [0.5, 0.6) is 5.75 Å². The number of rotatable bonds is 8. The third-order valence-electron chi connectivity index (χ3n) is 12.5. The Kier molecular flexibility index (Phi) is 9.41. The summed E-state index contributed by atoms with van der Waals surface area (Å²) in [6.45, 7) is 3.39. The van der Waals surface area contributed by atoms with Crippen molar-refractivity contribution in [2.24, 2.45) is 0 Å². The Morgan fingerprint density at radius 2 is 1.45 bits per heavy atom. The fourth-order valence-electron chi connectivity index (χ4n) is 9.61. The zero-order valence-corrected chi connectivity index (χ0v) is 31.2. The molecule has 2 saturated heterocycles. The van der Waals surface area contributed by atoms with Crippen LogP contribution in [0.1, 0.15) is 104 Å². The van der Waals surface area contributed by atoms with E-state index < -0.39 is 29.7 Å². The molecule has 0 aromatic heterocycles. The van der Waals surface area contributed by atoms with Crippen molar-refractivity contribution in [2.75, 3.05) is 24.5 Å². The lowest BCUT2D eigenvalue weighted by Gasteiger charge is -2.36. The molecule has 4 aromatic carbocycles. The molecule has 0 radical (unpaired) electrons. The zero-order valence-electron chi connectivity index (χ0n) is 31.2. The number of imide groups is 2. The fourth-order valence-corrected chi connectivity index (χ4v) is 9.61. The van der Waals surface area contributed by atoms with E-state index in [1.807, 2.05) is 12.1 Å². The third kappa shape index (κ3) is 6.74. The highest BCUT2D eigenvalue weighted by Crippen LogP contribution is 2.47. The molecule has 9 rings (SSSR count). The Bertz CT molecular complexity index is 2190. The number of hydrogen-bond donors (Lipinski definition) is 3. The van der Waals surface area contributed by atoms with Crippen molar-refractivity contribution in [1.82, 2.24) is 20.4 Å². The predicted octanol–water partition coefficient (Wildman–Crippen LogP) is 5.15. The normalized spacial score (nSPS) is 22.5. The number of aryl methyl sites for hydroxylation is 1. The van der Waals surface area contributed by atoms with Crippen molar-refractivity contribution in [3.05, 3.63) is 129 Å². The van der Waals surface area contributed by atoms with E-state index in [4.69, 9.17) is 0 Å². The molecule has 4 heterocycles. The van der Waals surface area contributed by atoms with Gasteiger partial charge in [-0.15, -0.1) is 0 Å². The van der Waals surface area contributed by atoms with Crippen LogP contribution in [0.2, 0.25) is 0 Å². The lowest BCUT2D eigenvalue weighted by molar-refractivity contribution is -0.136. The molecule has 5 amide bonds. The quantitative estimate of drug-likeness (QED) is 0.211. The third-order valence-corrected chi connectivity index (χ3v) is 12.5. The Balaban J connectivity index is 0.769. The molecule has 11 heteroatoms. The molecule has 3 atom stereocenters. The number of amides is 5. The van der Waals surface area contributed by atoms with Crippen LogP contribution in [-0.4, -0.2) is 76.2 Å². The standard InChI is InChI=1S/C45H45N5O6/c51-34-11-13-36-29(22-34)8-12-35(27-4-2-1-3-5-27)42(36)28-6-9-33(10-7-28)49-20-16-32(17-21-49)46-41(53)18-19-48-25-30-23-37-38(24-31(30)26-48)45(56)50(44(37)55)39-14-15-40(52)47-43(39)54/h1-7,9-11,13,22-24,32,35,39,42,51H,8,12,14-21,25-26H2,(H,46,53)(H,47,52,54)/t35-,39?,42+/m1/s1. The summed E-state index contributed by atoms with van der Waals surface area (Å²) >= 11 is 0. The highest BCUT2D eigenvalue weighted by molar-refractivity contribution is 6.23. The van der Waals surface area contributed by atoms with Gasteiger partial charge < -0.3 is 15.3 Å². The molecule has 3 N–H and O–H groups in total. The average molecular weight is 752 g/mol. The van der Waals surface area contributed by atoms with Crippen LogP contribution in [0, 0.1) is 0 Å². The van der Waals surface area contributed by atoms with Crippen LogP contribution >= 0.6 is 0 Å². The molecule has 56 heavy (non-hydrogen) atoms. The summed E-state index contributed by atoms with van der Waals surface area (Å²) in [6, 6.07) is 28.2. The minimum atomic E-state index is -0.985. The van der Waals surface area contributed by atoms with Crippen LogP contribution in [0.4, 0.5) is 5.69 Å². The summed E-state index contributed by atoms with van der Waals surface area (Å²) in [7, 11) is 0. The molecule has 11 nitrogen and oxygen atoms in total. The van der Waals surface area contributed by atoms with Gasteiger partial charge in [0.15, 0.2) is 0 Å². The second-order valence-corrected chi connectivity index (χ2v) is 15.9. The molecule has 1 aliphatic carbocycles. The van der Waals surface area contributed by atoms with Crippen molar-refractivity contribution >= 4 is 35.2 Å². The maximum Gasteiger partial charge on any atom is 0.262 e. The Morgan fingerprint density at radius 1 is 0.750 bits per heavy atom. The molecule has 5 aliphatic rings. The summed E-state index contributed by atoms with van der Waals surface area (Å²) < 4.78 is 0. The van der Waals surface area contributed by atoms with Gasteiger partial charge >= 0.3 is 0 Å². The lowest BCUT2D eigenvalue weighted by Crippen LogP contribution is -2.54. The maximum atomic E-state index is 13.3. The SMILES string of the molecule is O=C1CCC(N2C(=O)c3cc4c(cc3C2=O)CN(CCC(=O)NC2CCN(c3ccc([C@@H]5c6ccc(O)cc6CC[C@@H]5c5ccccc5)cc3)CC2)C4)C(=O)N1. The van der Waals surface area contributed by atoms with Gasteiger partial charge in [-0.2, -0.15) is 0 Å². The first-order chi connectivity index (χ1) is 27.2. The van der Waals surface area contributed by atoms with E-state index in [9.17, 15) is 29.1 Å². The summed E-state index contributed by atoms with van der Waals surface area (Å²) in [6.07, 6.45) is 4.25. The van der Waals surface area contributed by atoms with Gasteiger partial charge in [-0.1, -0.05) is 48.5 Å². The number of piperidine rings is 2. The van der Waals surface area contributed by atoms with Crippen molar-refractivity contribution in [1.29, 1.82) is 0 Å². The average Bonchev–Trinajstić information content (AvgIpc) is 3.72. The van der Waals surface area contributed by atoms with Gasteiger partial charge in [-0.3, -0.25) is 39.1 Å². The number of phenols is 1. The second kappa shape index (κ2) is 14.7. The molecule has 2 fully saturated rings. The smallest absolute Gasteiger partial charge is 0.262 e. The fraction of sp³-hybridized carbons (Fsp3) is 0.356. The van der Waals surface area contributed by atoms with E-state index in [1.165, 1.54) is 27.9 Å². The summed E-state index contributed by atoms with van der Waals surface area (Å²) in [4.78, 5) is 69.2. The molecule has 1 unspecified atom stereocenters. The van der Waals surface area contributed by atoms with Crippen molar-refractivity contribution < 1.29 is 29.1 Å². The summed E-state index contributed by atoms with van der Waals surface area (Å²) in [5.74, 6) is -1.13. The first-order valence-corrected chi connectivity index (χ1v) is 19.8. The first-order valence-electron chi connectivity index (χ1n) is 19.8. The molecule has 0 spiro atoms. The van der Waals surface area contributed by atoms with Crippen molar-refractivity contribution in [3.63, 3.8) is 0 Å². The number of anilines is 1. The number of hydrogen-bond acceptors (Lipinski definition) is 8. The molecule has 286 valence electrons. The van der Waals surface area contributed by atoms with E-state index >= 15 is 0 Å². The van der Waals surface area contributed by atoms with E-state index in [1.54, 1.807) is 12.1 Å². The first kappa shape index (κ1) is 35.9. The molecular formula is C45H45N5O6. The van der Waals surface area contributed by atoms with Gasteiger partial charge in [0.1, 0.15) is 11.8 Å². The molecule has 0 bridgehead atoms. The molecule has 4 aliphatic heterocycles. The van der Waals surface area contributed by atoms with Crippen LogP contribution in [0.3, 0.4) is 0 Å². The molecular weight excluding hydrogens is 707 g/mol. The number of phenolic OH excluding ortho intramolecular Hbond substituents is 1. The van der Waals surface area contributed by atoms with Gasteiger partial charge in [0.05, 0.1) is 11.1 Å². The predicted molar refractivity (Wildman–Crippen MR) is 209 cm³/mol. The zero-order chi connectivity index (χ0) is 38.5. The van der Waals surface area contributed by atoms with Crippen molar-refractivity contribution in [3.8, 4) is 5.75 Å². The van der Waals surface area contributed by atoms with Crippen molar-refractivity contribution in [2.45, 2.75) is 82.0 Å². The van der Waals surface area contributed by atoms with Crippen LogP contribution < -0.4 is 15.5 Å². The summed E-state index contributed by atoms with van der Waals surface area (Å²) in [5.41, 5.74) is 8.77. The van der Waals surface area contributed by atoms with E-state index in [2.05, 4.69) is 81.1 Å². The van der Waals surface area contributed by atoms with Gasteiger partial charge in [0.2, 0.25) is 17.7 Å². The molecule has 0 saturated carbocycles. The largest absolute Gasteiger partial charge is 0.508 e. The topological polar surface area (TPSA) is 139 Å². The van der Waals surface area contributed by atoms with Crippen LogP contribution in [0.15, 0.2) is 84.9 Å². The minimum Gasteiger partial charge on any atom is -0.508 e. The maximum absolute atomic E-state index is 13.3. The number of carbonyl (C=O) groups excluding carboxylic acids is 5.